The predicted molar refractivity (Wildman–Crippen MR) is 71.0 cm³/mol. The first kappa shape index (κ1) is 13.3. The molecule has 0 aromatic heterocycles. The van der Waals surface area contributed by atoms with Gasteiger partial charge in [-0.05, 0) is 41.4 Å². The summed E-state index contributed by atoms with van der Waals surface area (Å²) in [4.78, 5) is 1.89. The van der Waals surface area contributed by atoms with Crippen molar-refractivity contribution in [3.63, 3.8) is 0 Å². The van der Waals surface area contributed by atoms with E-state index in [1.165, 1.54) is 0 Å². The first-order chi connectivity index (χ1) is 8.56. The van der Waals surface area contributed by atoms with Crippen molar-refractivity contribution in [2.75, 3.05) is 18.6 Å². The summed E-state index contributed by atoms with van der Waals surface area (Å²) in [5, 5.41) is 8.85. The molecule has 2 unspecified atom stereocenters. The van der Waals surface area contributed by atoms with Gasteiger partial charge in [-0.25, -0.2) is 4.39 Å². The van der Waals surface area contributed by atoms with Gasteiger partial charge in [-0.15, -0.1) is 0 Å². The molecule has 0 radical (unpaired) electrons. The molecule has 0 amide bonds. The van der Waals surface area contributed by atoms with Crippen LogP contribution in [0.1, 0.15) is 18.9 Å². The van der Waals surface area contributed by atoms with E-state index in [1.807, 2.05) is 24.9 Å². The van der Waals surface area contributed by atoms with Crippen LogP contribution < -0.4 is 4.90 Å². The molecule has 3 nitrogen and oxygen atoms in total. The fourth-order valence-corrected chi connectivity index (χ4v) is 2.73. The second kappa shape index (κ2) is 5.25. The number of hydrogen-bond donors (Lipinski definition) is 0. The van der Waals surface area contributed by atoms with E-state index in [2.05, 4.69) is 15.9 Å². The third-order valence-corrected chi connectivity index (χ3v) is 4.17. The van der Waals surface area contributed by atoms with Gasteiger partial charge in [0.15, 0.2) is 5.82 Å². The molecular weight excluding hydrogens is 299 g/mol. The van der Waals surface area contributed by atoms with Crippen molar-refractivity contribution in [2.45, 2.75) is 25.5 Å². The Morgan fingerprint density at radius 2 is 2.28 bits per heavy atom. The maximum absolute atomic E-state index is 14.2. The Labute approximate surface area is 114 Å². The van der Waals surface area contributed by atoms with E-state index in [-0.39, 0.29) is 16.6 Å². The van der Waals surface area contributed by atoms with Gasteiger partial charge in [-0.2, -0.15) is 5.26 Å². The van der Waals surface area contributed by atoms with Crippen LogP contribution in [0.2, 0.25) is 0 Å². The molecule has 1 saturated heterocycles. The Morgan fingerprint density at radius 3 is 2.83 bits per heavy atom. The van der Waals surface area contributed by atoms with Gasteiger partial charge in [-0.3, -0.25) is 0 Å². The van der Waals surface area contributed by atoms with Crippen LogP contribution in [0.15, 0.2) is 16.6 Å². The first-order valence-corrected chi connectivity index (χ1v) is 6.58. The highest BCUT2D eigenvalue weighted by Crippen LogP contribution is 2.32. The zero-order valence-corrected chi connectivity index (χ0v) is 11.9. The largest absolute Gasteiger partial charge is 0.376 e. The minimum atomic E-state index is -0.393. The van der Waals surface area contributed by atoms with E-state index in [1.54, 1.807) is 12.1 Å². The van der Waals surface area contributed by atoms with E-state index in [0.717, 1.165) is 6.42 Å². The van der Waals surface area contributed by atoms with Crippen molar-refractivity contribution in [1.29, 1.82) is 5.26 Å². The molecule has 0 spiro atoms. The molecule has 5 heteroatoms. The monoisotopic (exact) mass is 312 g/mol. The summed E-state index contributed by atoms with van der Waals surface area (Å²) in [6.07, 6.45) is 0.971. The zero-order valence-electron chi connectivity index (χ0n) is 10.3. The summed E-state index contributed by atoms with van der Waals surface area (Å²) in [6, 6.07) is 5.38. The molecule has 96 valence electrons. The second-order valence-corrected chi connectivity index (χ2v) is 5.21. The molecule has 2 atom stereocenters. The van der Waals surface area contributed by atoms with Crippen LogP contribution >= 0.6 is 15.9 Å². The normalized spacial score (nSPS) is 22.8. The Balaban J connectivity index is 2.34. The lowest BCUT2D eigenvalue weighted by Gasteiger charge is -2.29. The first-order valence-electron chi connectivity index (χ1n) is 5.78. The highest BCUT2D eigenvalue weighted by Gasteiger charge is 2.29. The average molecular weight is 313 g/mol. The number of likely N-dealkylation sites (N-methyl/N-ethyl adjacent to an activating group) is 1. The summed E-state index contributed by atoms with van der Waals surface area (Å²) >= 11 is 3.13. The van der Waals surface area contributed by atoms with Crippen LogP contribution in [-0.2, 0) is 4.74 Å². The molecule has 1 fully saturated rings. The maximum Gasteiger partial charge on any atom is 0.161 e. The number of halogens is 2. The third-order valence-electron chi connectivity index (χ3n) is 3.40. The fraction of sp³-hybridized carbons (Fsp3) is 0.462. The van der Waals surface area contributed by atoms with E-state index >= 15 is 0 Å². The molecule has 1 aromatic rings. The highest BCUT2D eigenvalue weighted by molar-refractivity contribution is 9.10. The molecule has 0 bridgehead atoms. The Kier molecular flexibility index (Phi) is 3.88. The predicted octanol–water partition coefficient (Wildman–Crippen LogP) is 3.07. The lowest BCUT2D eigenvalue weighted by Crippen LogP contribution is -2.37. The van der Waals surface area contributed by atoms with Crippen LogP contribution in [0.5, 0.6) is 0 Å². The van der Waals surface area contributed by atoms with E-state index in [0.29, 0.717) is 17.9 Å². The molecule has 0 saturated carbocycles. The van der Waals surface area contributed by atoms with Gasteiger partial charge in [-0.1, -0.05) is 0 Å². The lowest BCUT2D eigenvalue weighted by molar-refractivity contribution is 0.118. The Morgan fingerprint density at radius 1 is 1.56 bits per heavy atom. The number of nitrogens with zero attached hydrogens (tertiary/aromatic N) is 2. The Hall–Kier alpha value is -1.12. The molecule has 1 aliphatic heterocycles. The van der Waals surface area contributed by atoms with Gasteiger partial charge in [0.05, 0.1) is 27.9 Å². The number of benzene rings is 1. The minimum Gasteiger partial charge on any atom is -0.376 e. The van der Waals surface area contributed by atoms with Gasteiger partial charge in [0.25, 0.3) is 0 Å². The molecule has 1 aliphatic rings. The van der Waals surface area contributed by atoms with Crippen LogP contribution in [0.4, 0.5) is 10.1 Å². The number of nitriles is 1. The molecule has 1 heterocycles. The molecule has 18 heavy (non-hydrogen) atoms. The molecule has 0 N–H and O–H groups in total. The average Bonchev–Trinajstić information content (AvgIpc) is 2.78. The van der Waals surface area contributed by atoms with Crippen molar-refractivity contribution in [3.8, 4) is 6.07 Å². The Bertz CT molecular complexity index is 500. The van der Waals surface area contributed by atoms with Crippen LogP contribution in [0.3, 0.4) is 0 Å². The number of hydrogen-bond acceptors (Lipinski definition) is 3. The van der Waals surface area contributed by atoms with Crippen LogP contribution in [0, 0.1) is 17.1 Å². The number of anilines is 1. The minimum absolute atomic E-state index is 0.0869. The van der Waals surface area contributed by atoms with Gasteiger partial charge < -0.3 is 9.64 Å². The van der Waals surface area contributed by atoms with Gasteiger partial charge in [0.2, 0.25) is 0 Å². The maximum atomic E-state index is 14.2. The van der Waals surface area contributed by atoms with Crippen molar-refractivity contribution in [3.05, 3.63) is 28.0 Å². The van der Waals surface area contributed by atoms with Gasteiger partial charge >= 0.3 is 0 Å². The summed E-state index contributed by atoms with van der Waals surface area (Å²) < 4.78 is 19.9. The summed E-state index contributed by atoms with van der Waals surface area (Å²) in [5.41, 5.74) is 0.795. The zero-order chi connectivity index (χ0) is 13.3. The third kappa shape index (κ3) is 2.23. The highest BCUT2D eigenvalue weighted by atomic mass is 79.9. The van der Waals surface area contributed by atoms with Gasteiger partial charge in [0, 0.05) is 13.7 Å². The van der Waals surface area contributed by atoms with Crippen molar-refractivity contribution < 1.29 is 9.13 Å². The molecule has 1 aromatic carbocycles. The quantitative estimate of drug-likeness (QED) is 0.842. The molecule has 0 aliphatic carbocycles. The topological polar surface area (TPSA) is 36.3 Å². The summed E-state index contributed by atoms with van der Waals surface area (Å²) in [7, 11) is 1.85. The molecule has 2 rings (SSSR count). The lowest BCUT2D eigenvalue weighted by atomic mass is 10.1. The summed E-state index contributed by atoms with van der Waals surface area (Å²) in [5.74, 6) is -0.393. The van der Waals surface area contributed by atoms with Crippen molar-refractivity contribution >= 4 is 21.6 Å². The van der Waals surface area contributed by atoms with Crippen molar-refractivity contribution in [1.82, 2.24) is 0 Å². The van der Waals surface area contributed by atoms with E-state index < -0.39 is 5.82 Å². The van der Waals surface area contributed by atoms with Gasteiger partial charge in [0.1, 0.15) is 6.07 Å². The second-order valence-electron chi connectivity index (χ2n) is 4.41. The molecular formula is C13H14BrFN2O. The SMILES string of the molecule is CC1OCCC1N(C)c1ccc(C#N)c(Br)c1F. The van der Waals surface area contributed by atoms with Crippen LogP contribution in [-0.4, -0.2) is 25.8 Å². The van der Waals surface area contributed by atoms with E-state index in [9.17, 15) is 4.39 Å². The van der Waals surface area contributed by atoms with E-state index in [4.69, 9.17) is 10.00 Å². The van der Waals surface area contributed by atoms with Crippen molar-refractivity contribution in [2.24, 2.45) is 0 Å². The smallest absolute Gasteiger partial charge is 0.161 e. The number of ether oxygens (including phenoxy) is 1. The summed E-state index contributed by atoms with van der Waals surface area (Å²) in [6.45, 7) is 2.69. The number of rotatable bonds is 2. The fourth-order valence-electron chi connectivity index (χ4n) is 2.31. The van der Waals surface area contributed by atoms with Crippen LogP contribution in [0.25, 0.3) is 0 Å². The standard InChI is InChI=1S/C13H14BrFN2O/c1-8-10(5-6-18-8)17(2)11-4-3-9(7-16)12(14)13(11)15/h3-4,8,10H,5-6H2,1-2H3.